The van der Waals surface area contributed by atoms with Gasteiger partial charge in [-0.3, -0.25) is 0 Å². The van der Waals surface area contributed by atoms with E-state index in [1.165, 1.54) is 43.6 Å². The number of carbonyl (C=O) groups excluding carboxylic acids is 1. The number of hydrogen-bond acceptors (Lipinski definition) is 4. The molecule has 0 aliphatic carbocycles. The summed E-state index contributed by atoms with van der Waals surface area (Å²) >= 11 is 0. The molecule has 4 nitrogen and oxygen atoms in total. The molecule has 122 valence electrons. The summed E-state index contributed by atoms with van der Waals surface area (Å²) in [5.41, 5.74) is 2.67. The summed E-state index contributed by atoms with van der Waals surface area (Å²) in [5, 5.41) is 0. The number of esters is 1. The van der Waals surface area contributed by atoms with E-state index in [2.05, 4.69) is 29.0 Å². The minimum Gasteiger partial charge on any atom is -0.462 e. The zero-order valence-electron chi connectivity index (χ0n) is 13.9. The highest BCUT2D eigenvalue weighted by Crippen LogP contribution is 2.17. The lowest BCUT2D eigenvalue weighted by atomic mass is 10.0. The average Bonchev–Trinajstić information content (AvgIpc) is 2.60. The molecule has 2 aromatic rings. The van der Waals surface area contributed by atoms with Gasteiger partial charge in [0.05, 0.1) is 12.2 Å². The van der Waals surface area contributed by atoms with E-state index in [-0.39, 0.29) is 5.97 Å². The van der Waals surface area contributed by atoms with Gasteiger partial charge >= 0.3 is 5.97 Å². The van der Waals surface area contributed by atoms with E-state index in [4.69, 9.17) is 4.74 Å². The molecule has 0 amide bonds. The first-order valence-electron chi connectivity index (χ1n) is 8.33. The fraction of sp³-hybridized carbons (Fsp3) is 0.421. The van der Waals surface area contributed by atoms with Gasteiger partial charge in [0, 0.05) is 18.0 Å². The van der Waals surface area contributed by atoms with Gasteiger partial charge < -0.3 is 4.74 Å². The Morgan fingerprint density at radius 2 is 1.70 bits per heavy atom. The van der Waals surface area contributed by atoms with E-state index in [1.54, 1.807) is 6.92 Å². The van der Waals surface area contributed by atoms with Crippen molar-refractivity contribution in [3.05, 3.63) is 47.8 Å². The molecule has 0 unspecified atom stereocenters. The van der Waals surface area contributed by atoms with Gasteiger partial charge in [0.1, 0.15) is 0 Å². The van der Waals surface area contributed by atoms with Crippen LogP contribution in [0.3, 0.4) is 0 Å². The highest BCUT2D eigenvalue weighted by atomic mass is 16.5. The van der Waals surface area contributed by atoms with Crippen molar-refractivity contribution >= 4 is 5.97 Å². The smallest absolute Gasteiger partial charge is 0.341 e. The van der Waals surface area contributed by atoms with Gasteiger partial charge in [-0.05, 0) is 25.3 Å². The van der Waals surface area contributed by atoms with Crippen LogP contribution in [0, 0.1) is 0 Å². The van der Waals surface area contributed by atoms with Crippen LogP contribution >= 0.6 is 0 Å². The highest BCUT2D eigenvalue weighted by Gasteiger charge is 2.08. The molecule has 0 aliphatic rings. The average molecular weight is 312 g/mol. The predicted octanol–water partition coefficient (Wildman–Crippen LogP) is 4.44. The molecule has 0 aliphatic heterocycles. The zero-order chi connectivity index (χ0) is 16.5. The molecule has 0 atom stereocenters. The summed E-state index contributed by atoms with van der Waals surface area (Å²) in [6, 6.07) is 8.33. The molecule has 2 rings (SSSR count). The van der Waals surface area contributed by atoms with Crippen LogP contribution in [0.25, 0.3) is 11.4 Å². The van der Waals surface area contributed by atoms with Gasteiger partial charge in [-0.1, -0.05) is 50.5 Å². The van der Waals surface area contributed by atoms with E-state index in [1.807, 2.05) is 12.1 Å². The summed E-state index contributed by atoms with van der Waals surface area (Å²) < 4.78 is 4.93. The number of aromatic nitrogens is 2. The molecule has 0 bridgehead atoms. The standard InChI is InChI=1S/C19H24N2O2/c1-3-5-6-7-8-15-9-11-16(12-10-15)18-20-13-17(14-21-18)19(22)23-4-2/h9-14H,3-8H2,1-2H3. The number of unbranched alkanes of at least 4 members (excludes halogenated alkanes) is 3. The van der Waals surface area contributed by atoms with E-state index in [0.717, 1.165) is 12.0 Å². The van der Waals surface area contributed by atoms with Crippen molar-refractivity contribution in [2.24, 2.45) is 0 Å². The molecule has 0 saturated heterocycles. The number of ether oxygens (including phenoxy) is 1. The van der Waals surface area contributed by atoms with Gasteiger partial charge in [0.2, 0.25) is 0 Å². The first-order chi connectivity index (χ1) is 11.2. The first-order valence-corrected chi connectivity index (χ1v) is 8.33. The first kappa shape index (κ1) is 17.1. The monoisotopic (exact) mass is 312 g/mol. The van der Waals surface area contributed by atoms with Crippen molar-refractivity contribution in [1.82, 2.24) is 9.97 Å². The minimum atomic E-state index is -0.388. The Morgan fingerprint density at radius 1 is 1.00 bits per heavy atom. The fourth-order valence-electron chi connectivity index (χ4n) is 2.37. The van der Waals surface area contributed by atoms with E-state index in [9.17, 15) is 4.79 Å². The van der Waals surface area contributed by atoms with Crippen LogP contribution in [0.5, 0.6) is 0 Å². The number of hydrogen-bond donors (Lipinski definition) is 0. The molecule has 0 radical (unpaired) electrons. The molecular formula is C19H24N2O2. The molecule has 0 spiro atoms. The largest absolute Gasteiger partial charge is 0.462 e. The van der Waals surface area contributed by atoms with Crippen molar-refractivity contribution in [2.75, 3.05) is 6.61 Å². The molecule has 0 N–H and O–H groups in total. The number of nitrogens with zero attached hydrogens (tertiary/aromatic N) is 2. The van der Waals surface area contributed by atoms with Crippen molar-refractivity contribution in [1.29, 1.82) is 0 Å². The minimum absolute atomic E-state index is 0.348. The lowest BCUT2D eigenvalue weighted by Gasteiger charge is -2.05. The molecule has 1 heterocycles. The van der Waals surface area contributed by atoms with E-state index >= 15 is 0 Å². The molecule has 1 aromatic heterocycles. The number of rotatable bonds is 8. The van der Waals surface area contributed by atoms with Crippen LogP contribution in [0.15, 0.2) is 36.7 Å². The molecule has 1 aromatic carbocycles. The Bertz CT molecular complexity index is 606. The lowest BCUT2D eigenvalue weighted by Crippen LogP contribution is -2.06. The third-order valence-electron chi connectivity index (χ3n) is 3.69. The second-order valence-electron chi connectivity index (χ2n) is 5.52. The zero-order valence-corrected chi connectivity index (χ0v) is 13.9. The Hall–Kier alpha value is -2.23. The maximum absolute atomic E-state index is 11.6. The van der Waals surface area contributed by atoms with Crippen molar-refractivity contribution in [3.63, 3.8) is 0 Å². The summed E-state index contributed by atoms with van der Waals surface area (Å²) in [6.07, 6.45) is 9.23. The third-order valence-corrected chi connectivity index (χ3v) is 3.69. The van der Waals surface area contributed by atoms with Crippen LogP contribution in [-0.4, -0.2) is 22.5 Å². The second-order valence-corrected chi connectivity index (χ2v) is 5.52. The summed E-state index contributed by atoms with van der Waals surface area (Å²) in [7, 11) is 0. The number of carbonyl (C=O) groups is 1. The van der Waals surface area contributed by atoms with Crippen molar-refractivity contribution in [3.8, 4) is 11.4 Å². The quantitative estimate of drug-likeness (QED) is 0.534. The normalized spacial score (nSPS) is 10.5. The molecule has 0 saturated carbocycles. The van der Waals surface area contributed by atoms with Gasteiger partial charge in [0.25, 0.3) is 0 Å². The Kier molecular flexibility index (Phi) is 6.73. The topological polar surface area (TPSA) is 52.1 Å². The Balaban J connectivity index is 1.97. The fourth-order valence-corrected chi connectivity index (χ4v) is 2.37. The summed E-state index contributed by atoms with van der Waals surface area (Å²) in [5.74, 6) is 0.233. The molecule has 0 fully saturated rings. The van der Waals surface area contributed by atoms with Gasteiger partial charge in [-0.15, -0.1) is 0 Å². The van der Waals surface area contributed by atoms with Gasteiger partial charge in [-0.25, -0.2) is 14.8 Å². The van der Waals surface area contributed by atoms with Gasteiger partial charge in [0.15, 0.2) is 5.82 Å². The van der Waals surface area contributed by atoms with E-state index in [0.29, 0.717) is 18.0 Å². The van der Waals surface area contributed by atoms with Crippen molar-refractivity contribution < 1.29 is 9.53 Å². The summed E-state index contributed by atoms with van der Waals surface area (Å²) in [6.45, 7) is 4.35. The van der Waals surface area contributed by atoms with Crippen LogP contribution < -0.4 is 0 Å². The van der Waals surface area contributed by atoms with Gasteiger partial charge in [-0.2, -0.15) is 0 Å². The SMILES string of the molecule is CCCCCCc1ccc(-c2ncc(C(=O)OCC)cn2)cc1. The number of benzene rings is 1. The maximum atomic E-state index is 11.6. The molecule has 4 heteroatoms. The molecule has 23 heavy (non-hydrogen) atoms. The number of aryl methyl sites for hydroxylation is 1. The second kappa shape index (κ2) is 9.03. The highest BCUT2D eigenvalue weighted by molar-refractivity contribution is 5.88. The predicted molar refractivity (Wildman–Crippen MR) is 91.3 cm³/mol. The van der Waals surface area contributed by atoms with Crippen LogP contribution in [-0.2, 0) is 11.2 Å². The third kappa shape index (κ3) is 5.16. The van der Waals surface area contributed by atoms with Crippen LogP contribution in [0.1, 0.15) is 55.5 Å². The maximum Gasteiger partial charge on any atom is 0.341 e. The van der Waals surface area contributed by atoms with Crippen LogP contribution in [0.4, 0.5) is 0 Å². The lowest BCUT2D eigenvalue weighted by molar-refractivity contribution is 0.0525. The van der Waals surface area contributed by atoms with E-state index < -0.39 is 0 Å². The van der Waals surface area contributed by atoms with Crippen LogP contribution in [0.2, 0.25) is 0 Å². The Labute approximate surface area is 137 Å². The molecular weight excluding hydrogens is 288 g/mol. The van der Waals surface area contributed by atoms with Crippen molar-refractivity contribution in [2.45, 2.75) is 46.0 Å². The summed E-state index contributed by atoms with van der Waals surface area (Å²) in [4.78, 5) is 20.1. The Morgan fingerprint density at radius 3 is 2.30 bits per heavy atom.